The van der Waals surface area contributed by atoms with Crippen molar-refractivity contribution in [2.45, 2.75) is 18.7 Å². The molecule has 1 amide bonds. The Morgan fingerprint density at radius 1 is 0.963 bits per heavy atom. The number of carbonyl (C=O) groups excluding carboxylic acids is 1. The quantitative estimate of drug-likeness (QED) is 0.804. The minimum atomic E-state index is -3.68. The number of sulfonamides is 1. The Labute approximate surface area is 157 Å². The van der Waals surface area contributed by atoms with Gasteiger partial charge in [-0.15, -0.1) is 0 Å². The number of amides is 1. The molecule has 8 heteroatoms. The summed E-state index contributed by atoms with van der Waals surface area (Å²) in [5.74, 6) is -2.14. The van der Waals surface area contributed by atoms with Crippen molar-refractivity contribution in [3.05, 3.63) is 64.7 Å². The smallest absolute Gasteiger partial charge is 0.257 e. The zero-order valence-corrected chi connectivity index (χ0v) is 15.9. The number of hydrogen-bond acceptors (Lipinski definition) is 3. The van der Waals surface area contributed by atoms with Gasteiger partial charge in [0.1, 0.15) is 11.6 Å². The van der Waals surface area contributed by atoms with Crippen LogP contribution in [0.15, 0.2) is 41.3 Å². The number of piperazine rings is 1. The molecule has 0 spiro atoms. The summed E-state index contributed by atoms with van der Waals surface area (Å²) in [6, 6.07) is 7.94. The first-order valence-electron chi connectivity index (χ1n) is 8.52. The second kappa shape index (κ2) is 7.36. The first-order chi connectivity index (χ1) is 12.7. The van der Waals surface area contributed by atoms with Crippen LogP contribution >= 0.6 is 0 Å². The van der Waals surface area contributed by atoms with Gasteiger partial charge < -0.3 is 4.90 Å². The summed E-state index contributed by atoms with van der Waals surface area (Å²) in [4.78, 5) is 14.0. The van der Waals surface area contributed by atoms with Crippen LogP contribution in [0.4, 0.5) is 8.78 Å². The highest BCUT2D eigenvalue weighted by Crippen LogP contribution is 2.23. The molecule has 0 radical (unpaired) electrons. The summed E-state index contributed by atoms with van der Waals surface area (Å²) < 4.78 is 54.3. The summed E-state index contributed by atoms with van der Waals surface area (Å²) >= 11 is 0. The van der Waals surface area contributed by atoms with Gasteiger partial charge in [-0.2, -0.15) is 4.31 Å². The lowest BCUT2D eigenvalue weighted by atomic mass is 10.1. The molecule has 3 rings (SSSR count). The highest BCUT2D eigenvalue weighted by Gasteiger charge is 2.32. The zero-order chi connectivity index (χ0) is 19.8. The number of aryl methyl sites for hydroxylation is 2. The summed E-state index contributed by atoms with van der Waals surface area (Å²) in [6.45, 7) is 3.97. The second-order valence-corrected chi connectivity index (χ2v) is 8.50. The van der Waals surface area contributed by atoms with Crippen LogP contribution in [-0.4, -0.2) is 49.7 Å². The van der Waals surface area contributed by atoms with Gasteiger partial charge in [-0.05, 0) is 49.2 Å². The van der Waals surface area contributed by atoms with Gasteiger partial charge >= 0.3 is 0 Å². The number of hydrogen-bond donors (Lipinski definition) is 0. The molecule has 27 heavy (non-hydrogen) atoms. The number of carbonyl (C=O) groups is 1. The van der Waals surface area contributed by atoms with E-state index in [1.165, 1.54) is 9.21 Å². The molecule has 0 unspecified atom stereocenters. The molecule has 0 aliphatic carbocycles. The Morgan fingerprint density at radius 2 is 1.63 bits per heavy atom. The van der Waals surface area contributed by atoms with Crippen LogP contribution in [0.1, 0.15) is 21.5 Å². The Balaban J connectivity index is 1.76. The number of rotatable bonds is 3. The van der Waals surface area contributed by atoms with E-state index in [1.54, 1.807) is 19.1 Å². The topological polar surface area (TPSA) is 57.7 Å². The van der Waals surface area contributed by atoms with Gasteiger partial charge in [-0.25, -0.2) is 17.2 Å². The minimum absolute atomic E-state index is 0.0956. The van der Waals surface area contributed by atoms with E-state index in [1.807, 2.05) is 13.0 Å². The van der Waals surface area contributed by atoms with E-state index in [4.69, 9.17) is 0 Å². The lowest BCUT2D eigenvalue weighted by molar-refractivity contribution is 0.0692. The van der Waals surface area contributed by atoms with E-state index in [9.17, 15) is 22.0 Å². The summed E-state index contributed by atoms with van der Waals surface area (Å²) in [7, 11) is -3.68. The fraction of sp³-hybridized carbons (Fsp3) is 0.316. The second-order valence-electron chi connectivity index (χ2n) is 6.59. The van der Waals surface area contributed by atoms with Crippen LogP contribution in [-0.2, 0) is 10.0 Å². The third kappa shape index (κ3) is 3.86. The van der Waals surface area contributed by atoms with Crippen LogP contribution < -0.4 is 0 Å². The fourth-order valence-corrected chi connectivity index (χ4v) is 4.82. The SMILES string of the molecule is Cc1ccc(C)c(S(=O)(=O)N2CCN(C(=O)c3cc(F)ccc3F)CC2)c1. The van der Waals surface area contributed by atoms with Gasteiger partial charge in [0.05, 0.1) is 10.5 Å². The predicted octanol–water partition coefficient (Wildman–Crippen LogP) is 2.73. The van der Waals surface area contributed by atoms with Gasteiger partial charge in [-0.3, -0.25) is 4.79 Å². The zero-order valence-electron chi connectivity index (χ0n) is 15.1. The fourth-order valence-electron chi connectivity index (χ4n) is 3.09. The van der Waals surface area contributed by atoms with Crippen LogP contribution in [0.3, 0.4) is 0 Å². The molecule has 2 aromatic rings. The lowest BCUT2D eigenvalue weighted by Crippen LogP contribution is -2.50. The van der Waals surface area contributed by atoms with Crippen molar-refractivity contribution in [2.24, 2.45) is 0 Å². The first kappa shape index (κ1) is 19.4. The molecule has 0 bridgehead atoms. The van der Waals surface area contributed by atoms with Crippen molar-refractivity contribution in [3.8, 4) is 0 Å². The van der Waals surface area contributed by atoms with Crippen LogP contribution in [0, 0.1) is 25.5 Å². The highest BCUT2D eigenvalue weighted by atomic mass is 32.2. The minimum Gasteiger partial charge on any atom is -0.336 e. The van der Waals surface area contributed by atoms with Gasteiger partial charge in [0, 0.05) is 26.2 Å². The maximum Gasteiger partial charge on any atom is 0.257 e. The molecule has 1 aliphatic rings. The van der Waals surface area contributed by atoms with E-state index in [0.29, 0.717) is 5.56 Å². The van der Waals surface area contributed by atoms with Crippen molar-refractivity contribution >= 4 is 15.9 Å². The van der Waals surface area contributed by atoms with Crippen molar-refractivity contribution in [1.29, 1.82) is 0 Å². The Bertz CT molecular complexity index is 984. The van der Waals surface area contributed by atoms with Crippen LogP contribution in [0.5, 0.6) is 0 Å². The van der Waals surface area contributed by atoms with E-state index in [-0.39, 0.29) is 36.6 Å². The van der Waals surface area contributed by atoms with E-state index >= 15 is 0 Å². The lowest BCUT2D eigenvalue weighted by Gasteiger charge is -2.34. The molecule has 1 fully saturated rings. The third-order valence-corrected chi connectivity index (χ3v) is 6.69. The van der Waals surface area contributed by atoms with Crippen molar-refractivity contribution in [1.82, 2.24) is 9.21 Å². The summed E-state index contributed by atoms with van der Waals surface area (Å²) in [5, 5.41) is 0. The molecule has 2 aromatic carbocycles. The molecule has 1 aliphatic heterocycles. The largest absolute Gasteiger partial charge is 0.336 e. The number of benzene rings is 2. The maximum atomic E-state index is 13.8. The van der Waals surface area contributed by atoms with E-state index in [0.717, 1.165) is 23.8 Å². The molecule has 5 nitrogen and oxygen atoms in total. The molecule has 0 N–H and O–H groups in total. The molecular weight excluding hydrogens is 374 g/mol. The average Bonchev–Trinajstić information content (AvgIpc) is 2.65. The van der Waals surface area contributed by atoms with Crippen LogP contribution in [0.25, 0.3) is 0 Å². The number of halogens is 2. The molecule has 1 heterocycles. The highest BCUT2D eigenvalue weighted by molar-refractivity contribution is 7.89. The summed E-state index contributed by atoms with van der Waals surface area (Å²) in [5.41, 5.74) is 1.15. The third-order valence-electron chi connectivity index (χ3n) is 4.65. The van der Waals surface area contributed by atoms with E-state index in [2.05, 4.69) is 0 Å². The summed E-state index contributed by atoms with van der Waals surface area (Å²) in [6.07, 6.45) is 0. The normalized spacial score (nSPS) is 15.8. The maximum absolute atomic E-state index is 13.8. The van der Waals surface area contributed by atoms with Crippen molar-refractivity contribution < 1.29 is 22.0 Å². The molecule has 0 aromatic heterocycles. The molecule has 0 saturated carbocycles. The van der Waals surface area contributed by atoms with Crippen molar-refractivity contribution in [3.63, 3.8) is 0 Å². The van der Waals surface area contributed by atoms with Gasteiger partial charge in [0.25, 0.3) is 5.91 Å². The number of nitrogens with zero attached hydrogens (tertiary/aromatic N) is 2. The monoisotopic (exact) mass is 394 g/mol. The van der Waals surface area contributed by atoms with E-state index < -0.39 is 27.6 Å². The van der Waals surface area contributed by atoms with Gasteiger partial charge in [-0.1, -0.05) is 12.1 Å². The molecular formula is C19H20F2N2O3S. The Morgan fingerprint density at radius 3 is 2.30 bits per heavy atom. The first-order valence-corrected chi connectivity index (χ1v) is 9.96. The average molecular weight is 394 g/mol. The van der Waals surface area contributed by atoms with Crippen LogP contribution in [0.2, 0.25) is 0 Å². The van der Waals surface area contributed by atoms with Crippen molar-refractivity contribution in [2.75, 3.05) is 26.2 Å². The molecule has 1 saturated heterocycles. The Hall–Kier alpha value is -2.32. The molecule has 0 atom stereocenters. The van der Waals surface area contributed by atoms with Gasteiger partial charge in [0.2, 0.25) is 10.0 Å². The predicted molar refractivity (Wildman–Crippen MR) is 96.9 cm³/mol. The molecule has 144 valence electrons. The van der Waals surface area contributed by atoms with Gasteiger partial charge in [0.15, 0.2) is 0 Å². The Kier molecular flexibility index (Phi) is 5.30. The standard InChI is InChI=1S/C19H20F2N2O3S/c1-13-3-4-14(2)18(11-13)27(25,26)23-9-7-22(8-10-23)19(24)16-12-15(20)5-6-17(16)21/h3-6,11-12H,7-10H2,1-2H3.